The maximum absolute atomic E-state index is 8.85. The normalized spacial score (nSPS) is 10.9. The Kier molecular flexibility index (Phi) is 1.98. The van der Waals surface area contributed by atoms with Gasteiger partial charge in [-0.25, -0.2) is 9.97 Å². The number of fused-ring (bicyclic) bond motifs is 1. The second kappa shape index (κ2) is 3.14. The van der Waals surface area contributed by atoms with E-state index in [2.05, 4.69) is 9.97 Å². The molecule has 13 heavy (non-hydrogen) atoms. The van der Waals surface area contributed by atoms with Crippen LogP contribution in [0.4, 0.5) is 0 Å². The largest absolute Gasteiger partial charge is 0.395 e. The van der Waals surface area contributed by atoms with Gasteiger partial charge in [0, 0.05) is 12.7 Å². The molecule has 0 aliphatic carbocycles. The predicted octanol–water partition coefficient (Wildman–Crippen LogP) is 0.732. The summed E-state index contributed by atoms with van der Waals surface area (Å²) in [6.07, 6.45) is 1.72. The van der Waals surface area contributed by atoms with E-state index in [0.717, 1.165) is 17.0 Å². The Morgan fingerprint density at radius 2 is 2.38 bits per heavy atom. The molecule has 0 amide bonds. The van der Waals surface area contributed by atoms with Crippen LogP contribution in [0.15, 0.2) is 18.3 Å². The van der Waals surface area contributed by atoms with E-state index in [4.69, 9.17) is 5.11 Å². The van der Waals surface area contributed by atoms with Crippen molar-refractivity contribution in [3.8, 4) is 0 Å². The lowest BCUT2D eigenvalue weighted by molar-refractivity contribution is 0.276. The van der Waals surface area contributed by atoms with Gasteiger partial charge in [-0.2, -0.15) is 0 Å². The molecule has 1 N–H and O–H groups in total. The first-order valence-electron chi connectivity index (χ1n) is 4.21. The highest BCUT2D eigenvalue weighted by molar-refractivity contribution is 5.71. The zero-order chi connectivity index (χ0) is 9.26. The third-order valence-electron chi connectivity index (χ3n) is 2.04. The molecule has 0 aliphatic heterocycles. The number of aryl methyl sites for hydroxylation is 1. The van der Waals surface area contributed by atoms with Crippen molar-refractivity contribution in [3.05, 3.63) is 24.2 Å². The Balaban J connectivity index is 2.64. The number of aliphatic hydroxyl groups excluding tert-OH is 1. The van der Waals surface area contributed by atoms with Crippen molar-refractivity contribution in [1.82, 2.24) is 14.5 Å². The van der Waals surface area contributed by atoms with E-state index in [1.54, 1.807) is 6.20 Å². The molecule has 4 heteroatoms. The number of aliphatic hydroxyl groups is 1. The molecule has 0 fully saturated rings. The van der Waals surface area contributed by atoms with Gasteiger partial charge in [-0.05, 0) is 19.1 Å². The van der Waals surface area contributed by atoms with Crippen molar-refractivity contribution in [2.45, 2.75) is 13.5 Å². The van der Waals surface area contributed by atoms with Gasteiger partial charge in [0.1, 0.15) is 5.82 Å². The molecular weight excluding hydrogens is 166 g/mol. The molecule has 2 rings (SSSR count). The number of rotatable bonds is 2. The summed E-state index contributed by atoms with van der Waals surface area (Å²) in [6.45, 7) is 2.62. The van der Waals surface area contributed by atoms with Gasteiger partial charge in [-0.15, -0.1) is 0 Å². The van der Waals surface area contributed by atoms with Crippen LogP contribution in [-0.2, 0) is 6.54 Å². The fourth-order valence-electron chi connectivity index (χ4n) is 1.46. The first kappa shape index (κ1) is 8.19. The third-order valence-corrected chi connectivity index (χ3v) is 2.04. The van der Waals surface area contributed by atoms with Gasteiger partial charge in [0.05, 0.1) is 12.1 Å². The van der Waals surface area contributed by atoms with Crippen LogP contribution in [0.5, 0.6) is 0 Å². The van der Waals surface area contributed by atoms with Gasteiger partial charge >= 0.3 is 0 Å². The van der Waals surface area contributed by atoms with Crippen LogP contribution in [0, 0.1) is 6.92 Å². The number of aromatic nitrogens is 3. The lowest BCUT2D eigenvalue weighted by Gasteiger charge is -2.02. The van der Waals surface area contributed by atoms with Crippen molar-refractivity contribution < 1.29 is 5.11 Å². The van der Waals surface area contributed by atoms with Crippen LogP contribution in [0.2, 0.25) is 0 Å². The highest BCUT2D eigenvalue weighted by Crippen LogP contribution is 2.12. The summed E-state index contributed by atoms with van der Waals surface area (Å²) in [5.74, 6) is 0.891. The zero-order valence-electron chi connectivity index (χ0n) is 7.44. The van der Waals surface area contributed by atoms with E-state index >= 15 is 0 Å². The monoisotopic (exact) mass is 177 g/mol. The predicted molar refractivity (Wildman–Crippen MR) is 49.4 cm³/mol. The summed E-state index contributed by atoms with van der Waals surface area (Å²) >= 11 is 0. The van der Waals surface area contributed by atoms with E-state index < -0.39 is 0 Å². The minimum absolute atomic E-state index is 0.126. The number of hydrogen-bond acceptors (Lipinski definition) is 3. The van der Waals surface area contributed by atoms with Crippen LogP contribution in [0.25, 0.3) is 11.2 Å². The maximum atomic E-state index is 8.85. The van der Waals surface area contributed by atoms with Crippen molar-refractivity contribution in [2.75, 3.05) is 6.61 Å². The molecule has 0 aromatic carbocycles. The molecule has 0 saturated heterocycles. The van der Waals surface area contributed by atoms with E-state index in [1.807, 2.05) is 23.6 Å². The van der Waals surface area contributed by atoms with Gasteiger partial charge in [0.25, 0.3) is 0 Å². The summed E-state index contributed by atoms with van der Waals surface area (Å²) in [5, 5.41) is 8.85. The molecule has 0 unspecified atom stereocenters. The smallest absolute Gasteiger partial charge is 0.177 e. The Hall–Kier alpha value is -1.42. The van der Waals surface area contributed by atoms with Crippen LogP contribution in [-0.4, -0.2) is 26.2 Å². The van der Waals surface area contributed by atoms with Crippen molar-refractivity contribution in [3.63, 3.8) is 0 Å². The van der Waals surface area contributed by atoms with E-state index in [0.29, 0.717) is 6.54 Å². The third kappa shape index (κ3) is 1.29. The molecule has 2 aromatic rings. The van der Waals surface area contributed by atoms with Crippen LogP contribution in [0.1, 0.15) is 5.82 Å². The summed E-state index contributed by atoms with van der Waals surface area (Å²) in [5.41, 5.74) is 1.72. The molecule has 0 aliphatic rings. The average molecular weight is 177 g/mol. The SMILES string of the molecule is Cc1nc2ncccc2n1CCO. The topological polar surface area (TPSA) is 50.9 Å². The van der Waals surface area contributed by atoms with Crippen LogP contribution in [0.3, 0.4) is 0 Å². The molecule has 0 saturated carbocycles. The lowest BCUT2D eigenvalue weighted by atomic mass is 10.4. The van der Waals surface area contributed by atoms with Crippen molar-refractivity contribution >= 4 is 11.2 Å². The maximum Gasteiger partial charge on any atom is 0.177 e. The molecular formula is C9H11N3O. The molecule has 68 valence electrons. The molecule has 0 radical (unpaired) electrons. The molecule has 0 spiro atoms. The second-order valence-electron chi connectivity index (χ2n) is 2.88. The van der Waals surface area contributed by atoms with Crippen LogP contribution >= 0.6 is 0 Å². The molecule has 2 aromatic heterocycles. The Morgan fingerprint density at radius 1 is 1.54 bits per heavy atom. The van der Waals surface area contributed by atoms with Crippen molar-refractivity contribution in [2.24, 2.45) is 0 Å². The fourth-order valence-corrected chi connectivity index (χ4v) is 1.46. The van der Waals surface area contributed by atoms with Gasteiger partial charge in [-0.3, -0.25) is 0 Å². The summed E-state index contributed by atoms with van der Waals surface area (Å²) in [4.78, 5) is 8.40. The number of pyridine rings is 1. The second-order valence-corrected chi connectivity index (χ2v) is 2.88. The molecule has 0 atom stereocenters. The van der Waals surface area contributed by atoms with Gasteiger partial charge < -0.3 is 9.67 Å². The molecule has 2 heterocycles. The molecule has 0 bridgehead atoms. The number of hydrogen-bond donors (Lipinski definition) is 1. The first-order chi connectivity index (χ1) is 6.33. The van der Waals surface area contributed by atoms with Gasteiger partial charge in [0.2, 0.25) is 0 Å². The Morgan fingerprint density at radius 3 is 3.15 bits per heavy atom. The fraction of sp³-hybridized carbons (Fsp3) is 0.333. The minimum atomic E-state index is 0.126. The van der Waals surface area contributed by atoms with Gasteiger partial charge in [0.15, 0.2) is 5.65 Å². The highest BCUT2D eigenvalue weighted by Gasteiger charge is 2.05. The Bertz CT molecular complexity index is 422. The van der Waals surface area contributed by atoms with E-state index in [1.165, 1.54) is 0 Å². The summed E-state index contributed by atoms with van der Waals surface area (Å²) in [6, 6.07) is 3.83. The van der Waals surface area contributed by atoms with Crippen molar-refractivity contribution in [1.29, 1.82) is 0 Å². The molecule has 4 nitrogen and oxygen atoms in total. The highest BCUT2D eigenvalue weighted by atomic mass is 16.3. The first-order valence-corrected chi connectivity index (χ1v) is 4.21. The minimum Gasteiger partial charge on any atom is -0.395 e. The average Bonchev–Trinajstić information content (AvgIpc) is 2.44. The van der Waals surface area contributed by atoms with Gasteiger partial charge in [-0.1, -0.05) is 0 Å². The van der Waals surface area contributed by atoms with E-state index in [9.17, 15) is 0 Å². The number of nitrogens with zero attached hydrogens (tertiary/aromatic N) is 3. The Labute approximate surface area is 75.9 Å². The van der Waals surface area contributed by atoms with Crippen LogP contribution < -0.4 is 0 Å². The summed E-state index contributed by atoms with van der Waals surface area (Å²) < 4.78 is 1.96. The standard InChI is InChI=1S/C9H11N3O/c1-7-11-9-8(3-2-4-10-9)12(7)5-6-13/h2-4,13H,5-6H2,1H3. The quantitative estimate of drug-likeness (QED) is 0.735. The lowest BCUT2D eigenvalue weighted by Crippen LogP contribution is -2.03. The number of imidazole rings is 1. The zero-order valence-corrected chi connectivity index (χ0v) is 7.44. The summed E-state index contributed by atoms with van der Waals surface area (Å²) in [7, 11) is 0. The van der Waals surface area contributed by atoms with E-state index in [-0.39, 0.29) is 6.61 Å².